The summed E-state index contributed by atoms with van der Waals surface area (Å²) < 4.78 is 5.59. The summed E-state index contributed by atoms with van der Waals surface area (Å²) in [7, 11) is 0. The quantitative estimate of drug-likeness (QED) is 0.857. The first-order valence-electron chi connectivity index (χ1n) is 7.62. The zero-order chi connectivity index (χ0) is 15.4. The highest BCUT2D eigenvalue weighted by Crippen LogP contribution is 2.10. The molecule has 3 rings (SSSR count). The van der Waals surface area contributed by atoms with Gasteiger partial charge >= 0.3 is 0 Å². The van der Waals surface area contributed by atoms with Crippen LogP contribution in [0.25, 0.3) is 5.69 Å². The number of ether oxygens (including phenoxy) is 1. The molecule has 116 valence electrons. The van der Waals surface area contributed by atoms with Crippen LogP contribution in [0.4, 0.5) is 0 Å². The zero-order valence-corrected chi connectivity index (χ0v) is 12.7. The van der Waals surface area contributed by atoms with Gasteiger partial charge in [0.05, 0.1) is 36.7 Å². The third kappa shape index (κ3) is 3.33. The Morgan fingerprint density at radius 2 is 2.18 bits per heavy atom. The van der Waals surface area contributed by atoms with Crippen molar-refractivity contribution in [2.75, 3.05) is 19.7 Å². The van der Waals surface area contributed by atoms with Crippen molar-refractivity contribution in [1.82, 2.24) is 19.9 Å². The van der Waals surface area contributed by atoms with E-state index in [-0.39, 0.29) is 18.4 Å². The number of hydrogen-bond acceptors (Lipinski definition) is 4. The molecule has 2 aromatic rings. The van der Waals surface area contributed by atoms with Gasteiger partial charge in [0.2, 0.25) is 5.91 Å². The molecule has 6 nitrogen and oxygen atoms in total. The average molecular weight is 300 g/mol. The molecule has 22 heavy (non-hydrogen) atoms. The van der Waals surface area contributed by atoms with Gasteiger partial charge < -0.3 is 9.64 Å². The van der Waals surface area contributed by atoms with Gasteiger partial charge in [-0.15, -0.1) is 0 Å². The predicted molar refractivity (Wildman–Crippen MR) is 81.7 cm³/mol. The first kappa shape index (κ1) is 14.7. The van der Waals surface area contributed by atoms with Crippen LogP contribution in [0.1, 0.15) is 19.0 Å². The third-order valence-electron chi connectivity index (χ3n) is 3.81. The molecule has 1 aliphatic heterocycles. The van der Waals surface area contributed by atoms with E-state index in [0.29, 0.717) is 25.4 Å². The van der Waals surface area contributed by atoms with E-state index in [1.165, 1.54) is 0 Å². The number of carbonyl (C=O) groups excluding carboxylic acids is 1. The average Bonchev–Trinajstić information content (AvgIpc) is 3.04. The van der Waals surface area contributed by atoms with E-state index >= 15 is 0 Å². The summed E-state index contributed by atoms with van der Waals surface area (Å²) in [6.07, 6.45) is 3.01. The fraction of sp³-hybridized carbons (Fsp3) is 0.438. The molecule has 0 aliphatic carbocycles. The first-order valence-corrected chi connectivity index (χ1v) is 7.62. The number of rotatable bonds is 4. The Labute approximate surface area is 129 Å². The van der Waals surface area contributed by atoms with Crippen LogP contribution in [0.5, 0.6) is 0 Å². The molecule has 1 aliphatic rings. The standard InChI is InChI=1S/C16H20N4O2/c1-2-15-12-19(8-9-22-15)16(21)10-13-11-17-20(18-13)14-6-4-3-5-7-14/h3-7,11,15H,2,8-10,12H2,1H3. The maximum absolute atomic E-state index is 12.4. The van der Waals surface area contributed by atoms with Crippen LogP contribution in [0.15, 0.2) is 36.5 Å². The van der Waals surface area contributed by atoms with Crippen LogP contribution >= 0.6 is 0 Å². The van der Waals surface area contributed by atoms with E-state index in [4.69, 9.17) is 4.74 Å². The van der Waals surface area contributed by atoms with Crippen molar-refractivity contribution in [1.29, 1.82) is 0 Å². The maximum Gasteiger partial charge on any atom is 0.228 e. The Bertz CT molecular complexity index is 626. The van der Waals surface area contributed by atoms with E-state index in [1.54, 1.807) is 11.0 Å². The molecule has 0 bridgehead atoms. The molecule has 1 aromatic carbocycles. The lowest BCUT2D eigenvalue weighted by Crippen LogP contribution is -2.46. The molecule has 1 unspecified atom stereocenters. The lowest BCUT2D eigenvalue weighted by Gasteiger charge is -2.32. The van der Waals surface area contributed by atoms with E-state index in [0.717, 1.165) is 12.1 Å². The monoisotopic (exact) mass is 300 g/mol. The Balaban J connectivity index is 1.64. The predicted octanol–water partition coefficient (Wildman–Crippen LogP) is 1.45. The van der Waals surface area contributed by atoms with E-state index < -0.39 is 0 Å². The summed E-state index contributed by atoms with van der Waals surface area (Å²) >= 11 is 0. The first-order chi connectivity index (χ1) is 10.8. The highest BCUT2D eigenvalue weighted by atomic mass is 16.5. The van der Waals surface area contributed by atoms with E-state index in [2.05, 4.69) is 17.1 Å². The Morgan fingerprint density at radius 3 is 2.95 bits per heavy atom. The molecular formula is C16H20N4O2. The maximum atomic E-state index is 12.4. The molecule has 0 radical (unpaired) electrons. The van der Waals surface area contributed by atoms with Gasteiger partial charge in [0.25, 0.3) is 0 Å². The molecule has 0 N–H and O–H groups in total. The molecule has 2 heterocycles. The molecule has 6 heteroatoms. The highest BCUT2D eigenvalue weighted by molar-refractivity contribution is 5.78. The second kappa shape index (κ2) is 6.70. The summed E-state index contributed by atoms with van der Waals surface area (Å²) in [5, 5.41) is 8.61. The Kier molecular flexibility index (Phi) is 4.48. The Morgan fingerprint density at radius 1 is 1.36 bits per heavy atom. The molecule has 1 fully saturated rings. The van der Waals surface area contributed by atoms with Gasteiger partial charge in [-0.2, -0.15) is 15.0 Å². The van der Waals surface area contributed by atoms with Gasteiger partial charge in [0, 0.05) is 13.1 Å². The van der Waals surface area contributed by atoms with Gasteiger partial charge in [0.1, 0.15) is 0 Å². The number of morpholine rings is 1. The van der Waals surface area contributed by atoms with Crippen molar-refractivity contribution in [2.24, 2.45) is 0 Å². The second-order valence-corrected chi connectivity index (χ2v) is 5.38. The summed E-state index contributed by atoms with van der Waals surface area (Å²) in [6.45, 7) is 4.01. The fourth-order valence-corrected chi connectivity index (χ4v) is 2.52. The smallest absolute Gasteiger partial charge is 0.228 e. The van der Waals surface area contributed by atoms with Crippen LogP contribution in [0, 0.1) is 0 Å². The molecule has 1 aromatic heterocycles. The second-order valence-electron chi connectivity index (χ2n) is 5.38. The van der Waals surface area contributed by atoms with Gasteiger partial charge in [-0.3, -0.25) is 4.79 Å². The van der Waals surface area contributed by atoms with Crippen molar-refractivity contribution in [3.63, 3.8) is 0 Å². The van der Waals surface area contributed by atoms with Crippen LogP contribution in [-0.2, 0) is 16.0 Å². The topological polar surface area (TPSA) is 60.2 Å². The lowest BCUT2D eigenvalue weighted by atomic mass is 10.2. The molecule has 1 atom stereocenters. The van der Waals surface area contributed by atoms with E-state index in [1.807, 2.05) is 35.2 Å². The van der Waals surface area contributed by atoms with Gasteiger partial charge in [0.15, 0.2) is 0 Å². The van der Waals surface area contributed by atoms with Crippen molar-refractivity contribution < 1.29 is 9.53 Å². The summed E-state index contributed by atoms with van der Waals surface area (Å²) in [4.78, 5) is 15.8. The summed E-state index contributed by atoms with van der Waals surface area (Å²) in [6, 6.07) is 9.67. The van der Waals surface area contributed by atoms with Crippen molar-refractivity contribution in [2.45, 2.75) is 25.9 Å². The largest absolute Gasteiger partial charge is 0.375 e. The number of hydrogen-bond donors (Lipinski definition) is 0. The summed E-state index contributed by atoms with van der Waals surface area (Å²) in [5.74, 6) is 0.0851. The van der Waals surface area contributed by atoms with Gasteiger partial charge in [-0.1, -0.05) is 25.1 Å². The number of carbonyl (C=O) groups is 1. The highest BCUT2D eigenvalue weighted by Gasteiger charge is 2.23. The number of nitrogens with zero attached hydrogens (tertiary/aromatic N) is 4. The number of para-hydroxylation sites is 1. The van der Waals surface area contributed by atoms with Crippen LogP contribution in [0.3, 0.4) is 0 Å². The number of amides is 1. The molecule has 1 amide bonds. The summed E-state index contributed by atoms with van der Waals surface area (Å²) in [5.41, 5.74) is 1.58. The molecule has 1 saturated heterocycles. The molecule has 0 saturated carbocycles. The zero-order valence-electron chi connectivity index (χ0n) is 12.7. The SMILES string of the molecule is CCC1CN(C(=O)Cc2cnn(-c3ccccc3)n2)CCO1. The van der Waals surface area contributed by atoms with Crippen molar-refractivity contribution in [3.05, 3.63) is 42.2 Å². The molecular weight excluding hydrogens is 280 g/mol. The normalized spacial score (nSPS) is 18.4. The van der Waals surface area contributed by atoms with Crippen LogP contribution < -0.4 is 0 Å². The van der Waals surface area contributed by atoms with Gasteiger partial charge in [-0.25, -0.2) is 0 Å². The minimum atomic E-state index is 0.0851. The lowest BCUT2D eigenvalue weighted by molar-refractivity contribution is -0.138. The van der Waals surface area contributed by atoms with Crippen LogP contribution in [0.2, 0.25) is 0 Å². The third-order valence-corrected chi connectivity index (χ3v) is 3.81. The van der Waals surface area contributed by atoms with E-state index in [9.17, 15) is 4.79 Å². The van der Waals surface area contributed by atoms with Crippen molar-refractivity contribution in [3.8, 4) is 5.69 Å². The molecule has 0 spiro atoms. The number of aromatic nitrogens is 3. The van der Waals surface area contributed by atoms with Gasteiger partial charge in [-0.05, 0) is 18.6 Å². The minimum absolute atomic E-state index is 0.0851. The Hall–Kier alpha value is -2.21. The number of benzene rings is 1. The van der Waals surface area contributed by atoms with Crippen LogP contribution in [-0.4, -0.2) is 51.6 Å². The fourth-order valence-electron chi connectivity index (χ4n) is 2.52. The minimum Gasteiger partial charge on any atom is -0.375 e. The van der Waals surface area contributed by atoms with Crippen molar-refractivity contribution >= 4 is 5.91 Å².